The molecule has 0 aliphatic carbocycles. The highest BCUT2D eigenvalue weighted by Gasteiger charge is 2.15. The van der Waals surface area contributed by atoms with Gasteiger partial charge in [0.25, 0.3) is 0 Å². The summed E-state index contributed by atoms with van der Waals surface area (Å²) in [6.45, 7) is 0.107. The normalized spacial score (nSPS) is 10.4. The molecule has 0 spiro atoms. The third-order valence-electron chi connectivity index (χ3n) is 3.08. The Kier molecular flexibility index (Phi) is 4.07. The predicted octanol–water partition coefficient (Wildman–Crippen LogP) is 2.88. The van der Waals surface area contributed by atoms with Crippen LogP contribution in [-0.4, -0.2) is 18.1 Å². The van der Waals surface area contributed by atoms with Crippen molar-refractivity contribution in [1.82, 2.24) is 0 Å². The van der Waals surface area contributed by atoms with Gasteiger partial charge in [0.1, 0.15) is 11.6 Å². The Morgan fingerprint density at radius 3 is 2.57 bits per heavy atom. The van der Waals surface area contributed by atoms with Crippen LogP contribution in [0.1, 0.15) is 15.9 Å². The molecule has 0 radical (unpaired) electrons. The summed E-state index contributed by atoms with van der Waals surface area (Å²) in [6, 6.07) is 7.76. The molecule has 0 saturated heterocycles. The van der Waals surface area contributed by atoms with E-state index in [9.17, 15) is 18.7 Å². The number of carboxylic acids is 1. The fraction of sp³-hybridized carbons (Fsp3) is 0.133. The SMILES string of the molecule is CN(Cc1ccc(F)cc1F)c1ccc(N)cc1C(=O)O. The number of benzene rings is 2. The van der Waals surface area contributed by atoms with Gasteiger partial charge < -0.3 is 15.7 Å². The van der Waals surface area contributed by atoms with Gasteiger partial charge in [0.2, 0.25) is 0 Å². The Hall–Kier alpha value is -2.63. The monoisotopic (exact) mass is 292 g/mol. The van der Waals surface area contributed by atoms with Crippen LogP contribution in [0.2, 0.25) is 0 Å². The molecule has 0 amide bonds. The predicted molar refractivity (Wildman–Crippen MR) is 76.3 cm³/mol. The van der Waals surface area contributed by atoms with Gasteiger partial charge in [0, 0.05) is 30.9 Å². The van der Waals surface area contributed by atoms with Gasteiger partial charge in [-0.05, 0) is 24.3 Å². The van der Waals surface area contributed by atoms with Crippen LogP contribution in [0, 0.1) is 11.6 Å². The number of carbonyl (C=O) groups is 1. The van der Waals surface area contributed by atoms with E-state index in [4.69, 9.17) is 5.73 Å². The van der Waals surface area contributed by atoms with Crippen LogP contribution in [0.4, 0.5) is 20.2 Å². The minimum atomic E-state index is -1.12. The highest BCUT2D eigenvalue weighted by Crippen LogP contribution is 2.24. The van der Waals surface area contributed by atoms with Gasteiger partial charge in [-0.1, -0.05) is 6.07 Å². The molecule has 4 nitrogen and oxygen atoms in total. The van der Waals surface area contributed by atoms with E-state index in [-0.39, 0.29) is 17.7 Å². The maximum atomic E-state index is 13.6. The molecule has 0 unspecified atom stereocenters. The Morgan fingerprint density at radius 1 is 1.24 bits per heavy atom. The van der Waals surface area contributed by atoms with Crippen molar-refractivity contribution >= 4 is 17.3 Å². The summed E-state index contributed by atoms with van der Waals surface area (Å²) in [5, 5.41) is 9.19. The summed E-state index contributed by atoms with van der Waals surface area (Å²) < 4.78 is 26.5. The standard InChI is InChI=1S/C15H14F2N2O2/c1-19(8-9-2-3-10(16)6-13(9)17)14-5-4-11(18)7-12(14)15(20)21/h2-7H,8,18H2,1H3,(H,20,21). The molecule has 0 aliphatic rings. The van der Waals surface area contributed by atoms with Gasteiger partial charge in [-0.2, -0.15) is 0 Å². The number of anilines is 2. The molecule has 2 aromatic rings. The van der Waals surface area contributed by atoms with Crippen LogP contribution in [0.25, 0.3) is 0 Å². The van der Waals surface area contributed by atoms with Crippen molar-refractivity contribution in [3.63, 3.8) is 0 Å². The fourth-order valence-corrected chi connectivity index (χ4v) is 2.05. The van der Waals surface area contributed by atoms with E-state index >= 15 is 0 Å². The quantitative estimate of drug-likeness (QED) is 0.850. The topological polar surface area (TPSA) is 66.6 Å². The zero-order chi connectivity index (χ0) is 15.6. The van der Waals surface area contributed by atoms with Crippen molar-refractivity contribution < 1.29 is 18.7 Å². The lowest BCUT2D eigenvalue weighted by Crippen LogP contribution is -2.20. The number of halogens is 2. The molecule has 6 heteroatoms. The number of nitrogens with two attached hydrogens (primary N) is 1. The van der Waals surface area contributed by atoms with Crippen LogP contribution in [-0.2, 0) is 6.54 Å². The molecule has 0 saturated carbocycles. The third-order valence-corrected chi connectivity index (χ3v) is 3.08. The van der Waals surface area contributed by atoms with Crippen molar-refractivity contribution in [2.45, 2.75) is 6.54 Å². The van der Waals surface area contributed by atoms with Crippen molar-refractivity contribution in [2.75, 3.05) is 17.7 Å². The van der Waals surface area contributed by atoms with E-state index in [1.165, 1.54) is 12.1 Å². The number of carboxylic acid groups (broad SMARTS) is 1. The number of nitrogens with zero attached hydrogens (tertiary/aromatic N) is 1. The molecule has 0 aromatic heterocycles. The third kappa shape index (κ3) is 3.28. The molecule has 2 aromatic carbocycles. The molecule has 0 fully saturated rings. The Balaban J connectivity index is 2.32. The first-order valence-electron chi connectivity index (χ1n) is 6.16. The molecule has 2 rings (SSSR count). The summed E-state index contributed by atoms with van der Waals surface area (Å²) in [6.07, 6.45) is 0. The zero-order valence-electron chi connectivity index (χ0n) is 11.3. The second kappa shape index (κ2) is 5.78. The van der Waals surface area contributed by atoms with Gasteiger partial charge in [-0.15, -0.1) is 0 Å². The molecule has 3 N–H and O–H groups in total. The minimum absolute atomic E-state index is 0.0278. The summed E-state index contributed by atoms with van der Waals surface area (Å²) >= 11 is 0. The molecule has 0 aliphatic heterocycles. The van der Waals surface area contributed by atoms with Crippen molar-refractivity contribution in [3.8, 4) is 0 Å². The van der Waals surface area contributed by atoms with Crippen LogP contribution in [0.3, 0.4) is 0 Å². The minimum Gasteiger partial charge on any atom is -0.478 e. The number of hydrogen-bond donors (Lipinski definition) is 2. The number of aromatic carboxylic acids is 1. The largest absolute Gasteiger partial charge is 0.478 e. The smallest absolute Gasteiger partial charge is 0.337 e. The van der Waals surface area contributed by atoms with Crippen LogP contribution in [0.5, 0.6) is 0 Å². The first-order chi connectivity index (χ1) is 9.88. The van der Waals surface area contributed by atoms with Crippen LogP contribution < -0.4 is 10.6 Å². The molecule has 0 atom stereocenters. The van der Waals surface area contributed by atoms with Crippen LogP contribution >= 0.6 is 0 Å². The van der Waals surface area contributed by atoms with Crippen molar-refractivity contribution in [1.29, 1.82) is 0 Å². The molecular formula is C15H14F2N2O2. The second-order valence-corrected chi connectivity index (χ2v) is 4.67. The molecule has 110 valence electrons. The van der Waals surface area contributed by atoms with Crippen molar-refractivity contribution in [2.24, 2.45) is 0 Å². The van der Waals surface area contributed by atoms with Crippen LogP contribution in [0.15, 0.2) is 36.4 Å². The van der Waals surface area contributed by atoms with E-state index < -0.39 is 17.6 Å². The van der Waals surface area contributed by atoms with Gasteiger partial charge in [-0.3, -0.25) is 0 Å². The summed E-state index contributed by atoms with van der Waals surface area (Å²) in [5.41, 5.74) is 6.61. The molecule has 0 heterocycles. The highest BCUT2D eigenvalue weighted by molar-refractivity contribution is 5.95. The summed E-state index contributed by atoms with van der Waals surface area (Å²) in [5.74, 6) is -2.45. The first-order valence-corrected chi connectivity index (χ1v) is 6.16. The lowest BCUT2D eigenvalue weighted by atomic mass is 10.1. The lowest BCUT2D eigenvalue weighted by molar-refractivity contribution is 0.0697. The highest BCUT2D eigenvalue weighted by atomic mass is 19.1. The molecule has 21 heavy (non-hydrogen) atoms. The maximum absolute atomic E-state index is 13.6. The average Bonchev–Trinajstić information content (AvgIpc) is 2.41. The Bertz CT molecular complexity index is 689. The average molecular weight is 292 g/mol. The number of hydrogen-bond acceptors (Lipinski definition) is 3. The van der Waals surface area contributed by atoms with E-state index in [0.29, 0.717) is 11.4 Å². The van der Waals surface area contributed by atoms with Gasteiger partial charge in [0.05, 0.1) is 11.3 Å². The van der Waals surface area contributed by atoms with E-state index in [1.54, 1.807) is 24.1 Å². The van der Waals surface area contributed by atoms with E-state index in [2.05, 4.69) is 0 Å². The fourth-order valence-electron chi connectivity index (χ4n) is 2.05. The van der Waals surface area contributed by atoms with E-state index in [1.807, 2.05) is 0 Å². The second-order valence-electron chi connectivity index (χ2n) is 4.67. The molecular weight excluding hydrogens is 278 g/mol. The zero-order valence-corrected chi connectivity index (χ0v) is 11.3. The Morgan fingerprint density at radius 2 is 1.95 bits per heavy atom. The van der Waals surface area contributed by atoms with E-state index in [0.717, 1.165) is 12.1 Å². The van der Waals surface area contributed by atoms with Crippen molar-refractivity contribution in [3.05, 3.63) is 59.2 Å². The van der Waals surface area contributed by atoms with Gasteiger partial charge in [-0.25, -0.2) is 13.6 Å². The van der Waals surface area contributed by atoms with Gasteiger partial charge in [0.15, 0.2) is 0 Å². The summed E-state index contributed by atoms with van der Waals surface area (Å²) in [4.78, 5) is 12.8. The maximum Gasteiger partial charge on any atom is 0.337 e. The molecule has 0 bridgehead atoms. The van der Waals surface area contributed by atoms with Gasteiger partial charge >= 0.3 is 5.97 Å². The number of rotatable bonds is 4. The first kappa shape index (κ1) is 14.8. The Labute approximate surface area is 120 Å². The lowest BCUT2D eigenvalue weighted by Gasteiger charge is -2.22. The summed E-state index contributed by atoms with van der Waals surface area (Å²) in [7, 11) is 1.63. The number of nitrogen functional groups attached to an aromatic ring is 1.